The van der Waals surface area contributed by atoms with Crippen LogP contribution < -0.4 is 5.32 Å². The van der Waals surface area contributed by atoms with Gasteiger partial charge in [0.2, 0.25) is 11.8 Å². The monoisotopic (exact) mass is 380 g/mol. The Balaban J connectivity index is 0.00000144. The van der Waals surface area contributed by atoms with Crippen molar-refractivity contribution in [1.82, 2.24) is 20.0 Å². The van der Waals surface area contributed by atoms with Gasteiger partial charge < -0.3 is 15.1 Å². The zero-order valence-corrected chi connectivity index (χ0v) is 15.9. The number of hydrogen-bond acceptors (Lipinski definition) is 4. The van der Waals surface area contributed by atoms with E-state index in [1.807, 2.05) is 9.80 Å². The topological polar surface area (TPSA) is 55.9 Å². The number of hydrogen-bond donors (Lipinski definition) is 1. The molecule has 2 amide bonds. The van der Waals surface area contributed by atoms with Gasteiger partial charge in [-0.05, 0) is 32.2 Å². The van der Waals surface area contributed by atoms with Crippen molar-refractivity contribution in [2.45, 2.75) is 38.1 Å². The van der Waals surface area contributed by atoms with Crippen LogP contribution in [-0.2, 0) is 9.59 Å². The van der Waals surface area contributed by atoms with Crippen LogP contribution in [0.5, 0.6) is 0 Å². The highest BCUT2D eigenvalue weighted by Crippen LogP contribution is 2.13. The first kappa shape index (κ1) is 21.5. The fourth-order valence-corrected chi connectivity index (χ4v) is 3.68. The molecule has 1 atom stereocenters. The van der Waals surface area contributed by atoms with Crippen LogP contribution in [-0.4, -0.2) is 84.9 Å². The highest BCUT2D eigenvalue weighted by molar-refractivity contribution is 5.85. The molecule has 8 heteroatoms. The van der Waals surface area contributed by atoms with Gasteiger partial charge in [0, 0.05) is 51.7 Å². The second-order valence-electron chi connectivity index (χ2n) is 6.74. The molecule has 3 aliphatic rings. The number of piperazine rings is 1. The molecule has 0 aromatic rings. The van der Waals surface area contributed by atoms with E-state index >= 15 is 0 Å². The third-order valence-electron chi connectivity index (χ3n) is 5.13. The van der Waals surface area contributed by atoms with E-state index in [1.54, 1.807) is 0 Å². The molecule has 3 aliphatic heterocycles. The zero-order valence-electron chi connectivity index (χ0n) is 14.2. The quantitative estimate of drug-likeness (QED) is 0.781. The Hall–Kier alpha value is -0.560. The molecule has 0 saturated carbocycles. The number of halogens is 2. The standard InChI is InChI=1S/C16H28N4O2.2ClH/c21-15(12-14-4-3-5-17-14)20-10-8-18(9-11-20)13-16(22)19-6-1-2-7-19;;/h14,17H,1-13H2;2*1H. The number of rotatable bonds is 4. The summed E-state index contributed by atoms with van der Waals surface area (Å²) >= 11 is 0. The minimum atomic E-state index is 0. The van der Waals surface area contributed by atoms with Gasteiger partial charge in [0.05, 0.1) is 6.54 Å². The lowest BCUT2D eigenvalue weighted by atomic mass is 10.1. The maximum absolute atomic E-state index is 12.3. The number of carbonyl (C=O) groups excluding carboxylic acids is 2. The molecule has 0 aromatic carbocycles. The Bertz CT molecular complexity index is 405. The average molecular weight is 381 g/mol. The Morgan fingerprint density at radius 2 is 1.46 bits per heavy atom. The molecule has 0 bridgehead atoms. The maximum Gasteiger partial charge on any atom is 0.236 e. The molecule has 3 heterocycles. The van der Waals surface area contributed by atoms with Crippen LogP contribution in [0.4, 0.5) is 0 Å². The first-order chi connectivity index (χ1) is 10.7. The average Bonchev–Trinajstić information content (AvgIpc) is 3.21. The molecule has 0 aliphatic carbocycles. The molecular weight excluding hydrogens is 351 g/mol. The zero-order chi connectivity index (χ0) is 15.4. The summed E-state index contributed by atoms with van der Waals surface area (Å²) in [6.07, 6.45) is 5.22. The van der Waals surface area contributed by atoms with Crippen molar-refractivity contribution < 1.29 is 9.59 Å². The van der Waals surface area contributed by atoms with E-state index < -0.39 is 0 Å². The van der Waals surface area contributed by atoms with Crippen LogP contribution in [0.15, 0.2) is 0 Å². The van der Waals surface area contributed by atoms with Crippen LogP contribution in [0.3, 0.4) is 0 Å². The number of carbonyl (C=O) groups is 2. The van der Waals surface area contributed by atoms with E-state index in [0.717, 1.165) is 65.1 Å². The van der Waals surface area contributed by atoms with E-state index in [1.165, 1.54) is 6.42 Å². The first-order valence-corrected chi connectivity index (χ1v) is 8.73. The largest absolute Gasteiger partial charge is 0.342 e. The Morgan fingerprint density at radius 3 is 2.04 bits per heavy atom. The molecule has 0 spiro atoms. The molecule has 24 heavy (non-hydrogen) atoms. The lowest BCUT2D eigenvalue weighted by molar-refractivity contribution is -0.135. The highest BCUT2D eigenvalue weighted by Gasteiger charge is 2.27. The fourth-order valence-electron chi connectivity index (χ4n) is 3.68. The number of likely N-dealkylation sites (tertiary alicyclic amines) is 1. The van der Waals surface area contributed by atoms with E-state index in [2.05, 4.69) is 10.2 Å². The molecule has 0 aromatic heterocycles. The third-order valence-corrected chi connectivity index (χ3v) is 5.13. The van der Waals surface area contributed by atoms with Crippen molar-refractivity contribution in [1.29, 1.82) is 0 Å². The summed E-state index contributed by atoms with van der Waals surface area (Å²) in [6, 6.07) is 0.377. The number of nitrogens with one attached hydrogen (secondary N) is 1. The van der Waals surface area contributed by atoms with Gasteiger partial charge in [-0.1, -0.05) is 0 Å². The molecule has 1 unspecified atom stereocenters. The lowest BCUT2D eigenvalue weighted by Crippen LogP contribution is -2.52. The predicted molar refractivity (Wildman–Crippen MR) is 99.0 cm³/mol. The highest BCUT2D eigenvalue weighted by atomic mass is 35.5. The van der Waals surface area contributed by atoms with Crippen molar-refractivity contribution in [3.05, 3.63) is 0 Å². The van der Waals surface area contributed by atoms with Crippen molar-refractivity contribution >= 4 is 36.6 Å². The molecule has 3 fully saturated rings. The van der Waals surface area contributed by atoms with Gasteiger partial charge in [-0.3, -0.25) is 14.5 Å². The predicted octanol–water partition coefficient (Wildman–Crippen LogP) is 0.739. The minimum absolute atomic E-state index is 0. The third kappa shape index (κ3) is 5.76. The summed E-state index contributed by atoms with van der Waals surface area (Å²) in [7, 11) is 0. The summed E-state index contributed by atoms with van der Waals surface area (Å²) in [5, 5.41) is 3.38. The number of nitrogens with zero attached hydrogens (tertiary/aromatic N) is 3. The van der Waals surface area contributed by atoms with E-state index in [-0.39, 0.29) is 36.6 Å². The van der Waals surface area contributed by atoms with Gasteiger partial charge in [0.15, 0.2) is 0 Å². The van der Waals surface area contributed by atoms with Crippen LogP contribution in [0.2, 0.25) is 0 Å². The van der Waals surface area contributed by atoms with Crippen LogP contribution in [0.1, 0.15) is 32.1 Å². The van der Waals surface area contributed by atoms with Gasteiger partial charge in [0.25, 0.3) is 0 Å². The first-order valence-electron chi connectivity index (χ1n) is 8.73. The number of amides is 2. The summed E-state index contributed by atoms with van der Waals surface area (Å²) < 4.78 is 0. The van der Waals surface area contributed by atoms with Gasteiger partial charge in [-0.25, -0.2) is 0 Å². The smallest absolute Gasteiger partial charge is 0.236 e. The minimum Gasteiger partial charge on any atom is -0.342 e. The lowest BCUT2D eigenvalue weighted by Gasteiger charge is -2.35. The summed E-state index contributed by atoms with van der Waals surface area (Å²) in [6.45, 7) is 6.58. The van der Waals surface area contributed by atoms with E-state index in [9.17, 15) is 9.59 Å². The fraction of sp³-hybridized carbons (Fsp3) is 0.875. The Kier molecular flexibility index (Phi) is 9.34. The van der Waals surface area contributed by atoms with Crippen molar-refractivity contribution in [3.8, 4) is 0 Å². The van der Waals surface area contributed by atoms with Crippen molar-refractivity contribution in [2.24, 2.45) is 0 Å². The molecule has 3 rings (SSSR count). The van der Waals surface area contributed by atoms with Gasteiger partial charge in [-0.2, -0.15) is 0 Å². The van der Waals surface area contributed by atoms with Crippen molar-refractivity contribution in [3.63, 3.8) is 0 Å². The maximum atomic E-state index is 12.3. The Labute approximate surface area is 157 Å². The van der Waals surface area contributed by atoms with Crippen LogP contribution >= 0.6 is 24.8 Å². The Morgan fingerprint density at radius 1 is 0.833 bits per heavy atom. The molecule has 3 saturated heterocycles. The molecular formula is C16H30Cl2N4O2. The summed E-state index contributed by atoms with van der Waals surface area (Å²) in [5.41, 5.74) is 0. The van der Waals surface area contributed by atoms with E-state index in [0.29, 0.717) is 19.0 Å². The molecule has 1 N–H and O–H groups in total. The summed E-state index contributed by atoms with van der Waals surface area (Å²) in [5.74, 6) is 0.525. The van der Waals surface area contributed by atoms with Gasteiger partial charge in [-0.15, -0.1) is 24.8 Å². The van der Waals surface area contributed by atoms with E-state index in [4.69, 9.17) is 0 Å². The molecule has 140 valence electrons. The van der Waals surface area contributed by atoms with Gasteiger partial charge in [0.1, 0.15) is 0 Å². The second kappa shape index (κ2) is 10.4. The van der Waals surface area contributed by atoms with Gasteiger partial charge >= 0.3 is 0 Å². The summed E-state index contributed by atoms with van der Waals surface area (Å²) in [4.78, 5) is 30.6. The van der Waals surface area contributed by atoms with Crippen LogP contribution in [0, 0.1) is 0 Å². The van der Waals surface area contributed by atoms with Crippen LogP contribution in [0.25, 0.3) is 0 Å². The molecule has 0 radical (unpaired) electrons. The second-order valence-corrected chi connectivity index (χ2v) is 6.74. The normalized spacial score (nSPS) is 24.4. The SMILES string of the molecule is Cl.Cl.O=C(CC1CCCN1)N1CCN(CC(=O)N2CCCC2)CC1. The van der Waals surface area contributed by atoms with Crippen molar-refractivity contribution in [2.75, 3.05) is 52.4 Å². The molecule has 6 nitrogen and oxygen atoms in total.